The highest BCUT2D eigenvalue weighted by molar-refractivity contribution is 5.55. The van der Waals surface area contributed by atoms with Gasteiger partial charge in [-0.1, -0.05) is 19.3 Å². The third-order valence-corrected chi connectivity index (χ3v) is 4.32. The van der Waals surface area contributed by atoms with Crippen LogP contribution in [0.1, 0.15) is 46.0 Å². The molecule has 0 amide bonds. The number of rotatable bonds is 6. The highest BCUT2D eigenvalue weighted by Crippen LogP contribution is 2.24. The number of nitrogens with zero attached hydrogens (tertiary/aromatic N) is 1. The van der Waals surface area contributed by atoms with Gasteiger partial charge in [0, 0.05) is 31.0 Å². The first-order chi connectivity index (χ1) is 9.33. The van der Waals surface area contributed by atoms with Gasteiger partial charge in [0.15, 0.2) is 0 Å². The van der Waals surface area contributed by atoms with Gasteiger partial charge in [0.2, 0.25) is 0 Å². The SMILES string of the molecule is CCN(CC)c1ccc(NCC2CCCCC2)cc1. The largest absolute Gasteiger partial charge is 0.385 e. The molecule has 2 heteroatoms. The van der Waals surface area contributed by atoms with Gasteiger partial charge in [0.05, 0.1) is 0 Å². The number of nitrogens with one attached hydrogen (secondary N) is 1. The van der Waals surface area contributed by atoms with Gasteiger partial charge < -0.3 is 10.2 Å². The number of benzene rings is 1. The van der Waals surface area contributed by atoms with Crippen LogP contribution in [0.4, 0.5) is 11.4 Å². The van der Waals surface area contributed by atoms with Crippen molar-refractivity contribution < 1.29 is 0 Å². The number of hydrogen-bond acceptors (Lipinski definition) is 2. The third-order valence-electron chi connectivity index (χ3n) is 4.32. The molecular formula is C17H28N2. The van der Waals surface area contributed by atoms with E-state index in [1.54, 1.807) is 0 Å². The highest BCUT2D eigenvalue weighted by Gasteiger charge is 2.12. The molecule has 0 saturated heterocycles. The van der Waals surface area contributed by atoms with Crippen LogP contribution in [0.5, 0.6) is 0 Å². The Kier molecular flexibility index (Phi) is 5.56. The Bertz CT molecular complexity index is 348. The molecule has 1 fully saturated rings. The minimum atomic E-state index is 0.885. The lowest BCUT2D eigenvalue weighted by atomic mass is 9.89. The molecule has 2 rings (SSSR count). The van der Waals surface area contributed by atoms with E-state index >= 15 is 0 Å². The lowest BCUT2D eigenvalue weighted by Gasteiger charge is -2.23. The van der Waals surface area contributed by atoms with Crippen molar-refractivity contribution in [1.82, 2.24) is 0 Å². The average Bonchev–Trinajstić information content (AvgIpc) is 2.49. The molecule has 1 aromatic carbocycles. The summed E-state index contributed by atoms with van der Waals surface area (Å²) < 4.78 is 0. The fraction of sp³-hybridized carbons (Fsp3) is 0.647. The summed E-state index contributed by atoms with van der Waals surface area (Å²) in [4.78, 5) is 2.38. The van der Waals surface area contributed by atoms with Crippen LogP contribution >= 0.6 is 0 Å². The summed E-state index contributed by atoms with van der Waals surface area (Å²) in [5, 5.41) is 3.60. The van der Waals surface area contributed by atoms with Gasteiger partial charge in [0.1, 0.15) is 0 Å². The summed E-state index contributed by atoms with van der Waals surface area (Å²) in [6.45, 7) is 7.71. The molecule has 0 spiro atoms. The van der Waals surface area contributed by atoms with Gasteiger partial charge in [0.25, 0.3) is 0 Å². The summed E-state index contributed by atoms with van der Waals surface area (Å²) in [7, 11) is 0. The lowest BCUT2D eigenvalue weighted by molar-refractivity contribution is 0.373. The quantitative estimate of drug-likeness (QED) is 0.808. The van der Waals surface area contributed by atoms with Crippen molar-refractivity contribution in [3.05, 3.63) is 24.3 Å². The van der Waals surface area contributed by atoms with E-state index in [4.69, 9.17) is 0 Å². The van der Waals surface area contributed by atoms with Gasteiger partial charge in [-0.25, -0.2) is 0 Å². The van der Waals surface area contributed by atoms with E-state index in [0.717, 1.165) is 25.6 Å². The van der Waals surface area contributed by atoms with Crippen LogP contribution in [-0.2, 0) is 0 Å². The molecule has 1 aliphatic carbocycles. The molecule has 1 aromatic rings. The first kappa shape index (κ1) is 14.2. The smallest absolute Gasteiger partial charge is 0.0367 e. The first-order valence-corrected chi connectivity index (χ1v) is 7.92. The minimum absolute atomic E-state index is 0.885. The minimum Gasteiger partial charge on any atom is -0.385 e. The molecule has 0 unspecified atom stereocenters. The molecular weight excluding hydrogens is 232 g/mol. The Balaban J connectivity index is 1.84. The monoisotopic (exact) mass is 260 g/mol. The van der Waals surface area contributed by atoms with Crippen molar-refractivity contribution >= 4 is 11.4 Å². The van der Waals surface area contributed by atoms with Crippen molar-refractivity contribution in [1.29, 1.82) is 0 Å². The molecule has 0 radical (unpaired) electrons. The molecule has 1 saturated carbocycles. The molecule has 0 aliphatic heterocycles. The molecule has 19 heavy (non-hydrogen) atoms. The van der Waals surface area contributed by atoms with E-state index in [2.05, 4.69) is 48.3 Å². The summed E-state index contributed by atoms with van der Waals surface area (Å²) >= 11 is 0. The zero-order valence-corrected chi connectivity index (χ0v) is 12.5. The predicted molar refractivity (Wildman–Crippen MR) is 85.1 cm³/mol. The van der Waals surface area contributed by atoms with Crippen LogP contribution in [0.15, 0.2) is 24.3 Å². The van der Waals surface area contributed by atoms with E-state index in [0.29, 0.717) is 0 Å². The summed E-state index contributed by atoms with van der Waals surface area (Å²) in [6.07, 6.45) is 7.10. The van der Waals surface area contributed by atoms with Crippen molar-refractivity contribution in [2.75, 3.05) is 29.9 Å². The molecule has 106 valence electrons. The molecule has 1 N–H and O–H groups in total. The van der Waals surface area contributed by atoms with Gasteiger partial charge >= 0.3 is 0 Å². The van der Waals surface area contributed by atoms with Gasteiger partial charge in [-0.15, -0.1) is 0 Å². The van der Waals surface area contributed by atoms with E-state index < -0.39 is 0 Å². The normalized spacial score (nSPS) is 16.3. The Hall–Kier alpha value is -1.18. The molecule has 0 atom stereocenters. The van der Waals surface area contributed by atoms with Crippen LogP contribution in [-0.4, -0.2) is 19.6 Å². The van der Waals surface area contributed by atoms with E-state index in [1.165, 1.54) is 43.5 Å². The topological polar surface area (TPSA) is 15.3 Å². The van der Waals surface area contributed by atoms with Crippen molar-refractivity contribution in [3.8, 4) is 0 Å². The first-order valence-electron chi connectivity index (χ1n) is 7.92. The fourth-order valence-electron chi connectivity index (χ4n) is 3.03. The molecule has 0 aromatic heterocycles. The van der Waals surface area contributed by atoms with E-state index in [-0.39, 0.29) is 0 Å². The summed E-state index contributed by atoms with van der Waals surface area (Å²) in [6, 6.07) is 8.90. The Morgan fingerprint density at radius 3 is 2.21 bits per heavy atom. The molecule has 1 aliphatic rings. The zero-order chi connectivity index (χ0) is 13.5. The number of anilines is 2. The highest BCUT2D eigenvalue weighted by atomic mass is 15.1. The maximum atomic E-state index is 3.60. The maximum absolute atomic E-state index is 3.60. The van der Waals surface area contributed by atoms with Crippen LogP contribution in [0, 0.1) is 5.92 Å². The Labute approximate surface area is 118 Å². The summed E-state index contributed by atoms with van der Waals surface area (Å²) in [5.41, 5.74) is 2.59. The van der Waals surface area contributed by atoms with E-state index in [9.17, 15) is 0 Å². The Morgan fingerprint density at radius 1 is 1.00 bits per heavy atom. The van der Waals surface area contributed by atoms with Gasteiger partial charge in [-0.05, 0) is 56.9 Å². The summed E-state index contributed by atoms with van der Waals surface area (Å²) in [5.74, 6) is 0.885. The average molecular weight is 260 g/mol. The lowest BCUT2D eigenvalue weighted by Crippen LogP contribution is -2.21. The van der Waals surface area contributed by atoms with E-state index in [1.807, 2.05) is 0 Å². The zero-order valence-electron chi connectivity index (χ0n) is 12.5. The van der Waals surface area contributed by atoms with Crippen molar-refractivity contribution in [3.63, 3.8) is 0 Å². The third kappa shape index (κ3) is 4.15. The second-order valence-electron chi connectivity index (χ2n) is 5.60. The van der Waals surface area contributed by atoms with Crippen LogP contribution < -0.4 is 10.2 Å². The Morgan fingerprint density at radius 2 is 1.63 bits per heavy atom. The molecule has 2 nitrogen and oxygen atoms in total. The van der Waals surface area contributed by atoms with Crippen LogP contribution in [0.2, 0.25) is 0 Å². The predicted octanol–water partition coefficient (Wildman–Crippen LogP) is 4.53. The second-order valence-corrected chi connectivity index (χ2v) is 5.60. The maximum Gasteiger partial charge on any atom is 0.0367 e. The van der Waals surface area contributed by atoms with Gasteiger partial charge in [-0.3, -0.25) is 0 Å². The van der Waals surface area contributed by atoms with Crippen molar-refractivity contribution in [2.24, 2.45) is 5.92 Å². The van der Waals surface area contributed by atoms with Crippen LogP contribution in [0.3, 0.4) is 0 Å². The fourth-order valence-corrected chi connectivity index (χ4v) is 3.03. The number of hydrogen-bond donors (Lipinski definition) is 1. The molecule has 0 bridgehead atoms. The van der Waals surface area contributed by atoms with Crippen molar-refractivity contribution in [2.45, 2.75) is 46.0 Å². The van der Waals surface area contributed by atoms with Gasteiger partial charge in [-0.2, -0.15) is 0 Å². The standard InChI is InChI=1S/C17H28N2/c1-3-19(4-2)17-12-10-16(11-13-17)18-14-15-8-6-5-7-9-15/h10-13,15,18H,3-9,14H2,1-2H3. The second kappa shape index (κ2) is 7.42. The molecule has 0 heterocycles. The van der Waals surface area contributed by atoms with Crippen LogP contribution in [0.25, 0.3) is 0 Å².